The first-order chi connectivity index (χ1) is 12.8. The number of piperidine rings is 1. The van der Waals surface area contributed by atoms with Crippen LogP contribution in [0.25, 0.3) is 0 Å². The molecule has 2 aromatic heterocycles. The summed E-state index contributed by atoms with van der Waals surface area (Å²) in [6.07, 6.45) is 8.15. The maximum Gasteiger partial charge on any atom is 0.225 e. The van der Waals surface area contributed by atoms with Crippen LogP contribution in [-0.4, -0.2) is 58.7 Å². The minimum Gasteiger partial charge on any atom is -0.375 e. The van der Waals surface area contributed by atoms with Crippen molar-refractivity contribution in [3.05, 3.63) is 48.0 Å². The first-order valence-electron chi connectivity index (χ1n) is 9.61. The molecule has 2 atom stereocenters. The molecule has 2 aromatic rings. The van der Waals surface area contributed by atoms with Crippen molar-refractivity contribution in [2.75, 3.05) is 37.7 Å². The molecule has 0 aromatic carbocycles. The second-order valence-electron chi connectivity index (χ2n) is 7.21. The Kier molecular flexibility index (Phi) is 5.41. The quantitative estimate of drug-likeness (QED) is 0.840. The summed E-state index contributed by atoms with van der Waals surface area (Å²) >= 11 is 0. The van der Waals surface area contributed by atoms with Crippen molar-refractivity contribution in [2.45, 2.75) is 32.4 Å². The number of hydrogen-bond acceptors (Lipinski definition) is 6. The van der Waals surface area contributed by atoms with E-state index >= 15 is 0 Å². The highest BCUT2D eigenvalue weighted by Gasteiger charge is 2.34. The molecule has 4 rings (SSSR count). The van der Waals surface area contributed by atoms with Crippen molar-refractivity contribution >= 4 is 5.95 Å². The van der Waals surface area contributed by atoms with Crippen LogP contribution in [0.2, 0.25) is 0 Å². The summed E-state index contributed by atoms with van der Waals surface area (Å²) in [6, 6.07) is 6.12. The summed E-state index contributed by atoms with van der Waals surface area (Å²) in [6.45, 7) is 7.67. The van der Waals surface area contributed by atoms with E-state index in [0.29, 0.717) is 5.92 Å². The Morgan fingerprint density at radius 3 is 2.77 bits per heavy atom. The van der Waals surface area contributed by atoms with Crippen molar-refractivity contribution < 1.29 is 4.74 Å². The molecule has 0 unspecified atom stereocenters. The number of rotatable bonds is 4. The molecule has 0 saturated carbocycles. The standard InChI is InChI=1S/C20H27N5O/c1-2-16-11-22-20(23-12-16)25-9-10-26-19-15-24(8-6-17(19)13-25)14-18-5-3-4-7-21-18/h3-5,7,11-12,17,19H,2,6,8-10,13-15H2,1H3/t17-,19+/m1/s1. The molecule has 6 heteroatoms. The summed E-state index contributed by atoms with van der Waals surface area (Å²) in [5.41, 5.74) is 2.31. The molecular formula is C20H27N5O. The third kappa shape index (κ3) is 4.02. The zero-order chi connectivity index (χ0) is 17.8. The lowest BCUT2D eigenvalue weighted by Gasteiger charge is -2.37. The number of ether oxygens (including phenoxy) is 1. The van der Waals surface area contributed by atoms with Gasteiger partial charge in [-0.25, -0.2) is 9.97 Å². The summed E-state index contributed by atoms with van der Waals surface area (Å²) < 4.78 is 6.21. The van der Waals surface area contributed by atoms with E-state index in [-0.39, 0.29) is 6.10 Å². The van der Waals surface area contributed by atoms with Gasteiger partial charge in [-0.15, -0.1) is 0 Å². The van der Waals surface area contributed by atoms with Gasteiger partial charge in [-0.2, -0.15) is 0 Å². The Morgan fingerprint density at radius 2 is 2.00 bits per heavy atom. The van der Waals surface area contributed by atoms with Gasteiger partial charge in [-0.1, -0.05) is 13.0 Å². The molecular weight excluding hydrogens is 326 g/mol. The highest BCUT2D eigenvalue weighted by atomic mass is 16.5. The van der Waals surface area contributed by atoms with Crippen molar-refractivity contribution in [3.63, 3.8) is 0 Å². The summed E-state index contributed by atoms with van der Waals surface area (Å²) in [5, 5.41) is 0. The van der Waals surface area contributed by atoms with Gasteiger partial charge in [0.05, 0.1) is 18.4 Å². The molecule has 2 fully saturated rings. The lowest BCUT2D eigenvalue weighted by Crippen LogP contribution is -2.46. The average Bonchev–Trinajstić information content (AvgIpc) is 2.91. The molecule has 4 heterocycles. The molecule has 0 bridgehead atoms. The predicted octanol–water partition coefficient (Wildman–Crippen LogP) is 2.16. The fourth-order valence-corrected chi connectivity index (χ4v) is 3.86. The molecule has 0 aliphatic carbocycles. The first-order valence-corrected chi connectivity index (χ1v) is 9.61. The Labute approximate surface area is 155 Å². The number of likely N-dealkylation sites (tertiary alicyclic amines) is 1. The van der Waals surface area contributed by atoms with E-state index < -0.39 is 0 Å². The third-order valence-electron chi connectivity index (χ3n) is 5.42. The number of aromatic nitrogens is 3. The van der Waals surface area contributed by atoms with E-state index in [2.05, 4.69) is 43.8 Å². The number of fused-ring (bicyclic) bond motifs is 1. The van der Waals surface area contributed by atoms with Crippen LogP contribution < -0.4 is 4.90 Å². The van der Waals surface area contributed by atoms with E-state index in [4.69, 9.17) is 4.74 Å². The van der Waals surface area contributed by atoms with Gasteiger partial charge in [-0.3, -0.25) is 9.88 Å². The van der Waals surface area contributed by atoms with Gasteiger partial charge in [0.1, 0.15) is 0 Å². The van der Waals surface area contributed by atoms with Crippen LogP contribution in [0.5, 0.6) is 0 Å². The highest BCUT2D eigenvalue weighted by Crippen LogP contribution is 2.26. The maximum atomic E-state index is 6.21. The zero-order valence-electron chi connectivity index (χ0n) is 15.4. The Hall–Kier alpha value is -2.05. The number of hydrogen-bond donors (Lipinski definition) is 0. The van der Waals surface area contributed by atoms with Crippen molar-refractivity contribution in [1.29, 1.82) is 0 Å². The lowest BCUT2D eigenvalue weighted by molar-refractivity contribution is -0.0242. The van der Waals surface area contributed by atoms with Gasteiger partial charge in [0, 0.05) is 50.7 Å². The van der Waals surface area contributed by atoms with Gasteiger partial charge in [0.25, 0.3) is 0 Å². The Morgan fingerprint density at radius 1 is 1.12 bits per heavy atom. The molecule has 2 saturated heterocycles. The van der Waals surface area contributed by atoms with Crippen LogP contribution in [0, 0.1) is 5.92 Å². The van der Waals surface area contributed by atoms with Crippen LogP contribution in [-0.2, 0) is 17.7 Å². The minimum absolute atomic E-state index is 0.285. The molecule has 138 valence electrons. The van der Waals surface area contributed by atoms with E-state index in [0.717, 1.165) is 63.8 Å². The van der Waals surface area contributed by atoms with Crippen LogP contribution in [0.15, 0.2) is 36.8 Å². The molecule has 6 nitrogen and oxygen atoms in total. The van der Waals surface area contributed by atoms with Gasteiger partial charge >= 0.3 is 0 Å². The minimum atomic E-state index is 0.285. The summed E-state index contributed by atoms with van der Waals surface area (Å²) in [7, 11) is 0. The van der Waals surface area contributed by atoms with E-state index in [1.807, 2.05) is 24.7 Å². The topological polar surface area (TPSA) is 54.4 Å². The maximum absolute atomic E-state index is 6.21. The van der Waals surface area contributed by atoms with Crippen LogP contribution >= 0.6 is 0 Å². The SMILES string of the molecule is CCc1cnc(N2CCO[C@H]3CN(Cc4ccccn4)CC[C@@H]3C2)nc1. The van der Waals surface area contributed by atoms with Gasteiger partial charge in [0.15, 0.2) is 0 Å². The second-order valence-corrected chi connectivity index (χ2v) is 7.21. The van der Waals surface area contributed by atoms with Crippen LogP contribution in [0.3, 0.4) is 0 Å². The highest BCUT2D eigenvalue weighted by molar-refractivity contribution is 5.30. The number of pyridine rings is 1. The van der Waals surface area contributed by atoms with E-state index in [9.17, 15) is 0 Å². The molecule has 26 heavy (non-hydrogen) atoms. The normalized spacial score (nSPS) is 24.1. The predicted molar refractivity (Wildman–Crippen MR) is 101 cm³/mol. The fourth-order valence-electron chi connectivity index (χ4n) is 3.86. The molecule has 2 aliphatic heterocycles. The molecule has 0 spiro atoms. The summed E-state index contributed by atoms with van der Waals surface area (Å²) in [4.78, 5) is 18.3. The average molecular weight is 353 g/mol. The molecule has 0 N–H and O–H groups in total. The Bertz CT molecular complexity index is 693. The van der Waals surface area contributed by atoms with Gasteiger partial charge in [0.2, 0.25) is 5.95 Å². The Balaban J connectivity index is 1.38. The molecule has 2 aliphatic rings. The number of nitrogens with zero attached hydrogens (tertiary/aromatic N) is 5. The third-order valence-corrected chi connectivity index (χ3v) is 5.42. The van der Waals surface area contributed by atoms with Crippen molar-refractivity contribution in [3.8, 4) is 0 Å². The smallest absolute Gasteiger partial charge is 0.225 e. The van der Waals surface area contributed by atoms with E-state index in [1.54, 1.807) is 0 Å². The zero-order valence-corrected chi connectivity index (χ0v) is 15.4. The number of anilines is 1. The van der Waals surface area contributed by atoms with Gasteiger partial charge in [-0.05, 0) is 37.1 Å². The van der Waals surface area contributed by atoms with E-state index in [1.165, 1.54) is 5.56 Å². The lowest BCUT2D eigenvalue weighted by atomic mass is 9.93. The monoisotopic (exact) mass is 353 g/mol. The van der Waals surface area contributed by atoms with Crippen molar-refractivity contribution in [1.82, 2.24) is 19.9 Å². The van der Waals surface area contributed by atoms with Crippen molar-refractivity contribution in [2.24, 2.45) is 5.92 Å². The van der Waals surface area contributed by atoms with Crippen LogP contribution in [0.1, 0.15) is 24.6 Å². The van der Waals surface area contributed by atoms with Gasteiger partial charge < -0.3 is 9.64 Å². The second kappa shape index (κ2) is 8.10. The largest absolute Gasteiger partial charge is 0.375 e. The molecule has 0 radical (unpaired) electrons. The first kappa shape index (κ1) is 17.4. The van der Waals surface area contributed by atoms with Crippen LogP contribution in [0.4, 0.5) is 5.95 Å². The fraction of sp³-hybridized carbons (Fsp3) is 0.550. The summed E-state index contributed by atoms with van der Waals surface area (Å²) in [5.74, 6) is 1.37. The number of aryl methyl sites for hydroxylation is 1. The molecule has 0 amide bonds.